The van der Waals surface area contributed by atoms with Gasteiger partial charge in [0.15, 0.2) is 22.9 Å². The Morgan fingerprint density at radius 1 is 0.660 bits per heavy atom. The molecule has 6 atom stereocenters. The van der Waals surface area contributed by atoms with Crippen LogP contribution in [0.5, 0.6) is 0 Å². The Bertz CT molecular complexity index is 2030. The van der Waals surface area contributed by atoms with E-state index in [4.69, 9.17) is 35.6 Å². The van der Waals surface area contributed by atoms with Crippen LogP contribution >= 0.6 is 38.4 Å². The molecule has 10 N–H and O–H groups in total. The van der Waals surface area contributed by atoms with Crippen molar-refractivity contribution in [2.24, 2.45) is 0 Å². The molecular weight excluding hydrogens is 779 g/mol. The highest BCUT2D eigenvalue weighted by Crippen LogP contribution is 2.66. The third-order valence-electron chi connectivity index (χ3n) is 5.53. The van der Waals surface area contributed by atoms with Crippen molar-refractivity contribution in [1.82, 2.24) is 39.0 Å². The average Bonchev–Trinajstić information content (AvgIpc) is 3.54. The first-order valence-corrected chi connectivity index (χ1v) is 21.9. The number of imidazole rings is 2. The number of rotatable bonds is 16. The van der Waals surface area contributed by atoms with Gasteiger partial charge in [0.25, 0.3) is 0 Å². The van der Waals surface area contributed by atoms with Crippen LogP contribution in [0.15, 0.2) is 25.3 Å². The fourth-order valence-corrected chi connectivity index (χ4v) is 9.55. The molecule has 0 saturated heterocycles. The fraction of sp³-hybridized carbons (Fsp3) is 0.474. The normalized spacial score (nSPS) is 18.3. The molecule has 26 nitrogen and oxygen atoms in total. The maximum absolute atomic E-state index is 11.8. The Hall–Kier alpha value is -2.59. The van der Waals surface area contributed by atoms with Crippen molar-refractivity contribution in [3.05, 3.63) is 25.3 Å². The molecule has 0 radical (unpaired) electrons. The number of anilines is 2. The summed E-state index contributed by atoms with van der Waals surface area (Å²) in [5, 5.41) is 0. The lowest BCUT2D eigenvalue weighted by atomic mass is 10.4. The van der Waals surface area contributed by atoms with Gasteiger partial charge in [-0.25, -0.2) is 52.0 Å². The highest BCUT2D eigenvalue weighted by molar-refractivity contribution is 7.69. The summed E-state index contributed by atoms with van der Waals surface area (Å²) in [5.74, 6) is 0.411. The lowest BCUT2D eigenvalue weighted by Crippen LogP contribution is -2.17. The highest BCUT2D eigenvalue weighted by Gasteiger charge is 2.38. The lowest BCUT2D eigenvalue weighted by molar-refractivity contribution is 0.0758. The van der Waals surface area contributed by atoms with Gasteiger partial charge >= 0.3 is 38.4 Å². The zero-order chi connectivity index (χ0) is 37.7. The van der Waals surface area contributed by atoms with Gasteiger partial charge in [-0.1, -0.05) is 0 Å². The molecule has 4 aromatic rings. The zero-order valence-corrected chi connectivity index (χ0v) is 30.5. The number of phosphoric acid groups is 2. The quantitative estimate of drug-likeness (QED) is 0.0730. The van der Waals surface area contributed by atoms with Crippen molar-refractivity contribution < 1.29 is 74.6 Å². The summed E-state index contributed by atoms with van der Waals surface area (Å²) in [6, 6.07) is 0. The monoisotopic (exact) mass is 812 g/mol. The molecule has 280 valence electrons. The third-order valence-corrected chi connectivity index (χ3v) is 12.2. The summed E-state index contributed by atoms with van der Waals surface area (Å²) >= 11 is 0. The maximum Gasteiger partial charge on any atom is 0.486 e. The van der Waals surface area contributed by atoms with Crippen molar-refractivity contribution in [2.45, 2.75) is 39.1 Å². The molecule has 0 aliphatic rings. The molecule has 0 aliphatic carbocycles. The number of nitrogen functional groups attached to an aromatic ring is 2. The summed E-state index contributed by atoms with van der Waals surface area (Å²) < 4.78 is 81.5. The van der Waals surface area contributed by atoms with E-state index in [1.807, 2.05) is 0 Å². The van der Waals surface area contributed by atoms with Crippen molar-refractivity contribution in [3.8, 4) is 0 Å². The number of hydrogen-bond donors (Lipinski definition) is 8. The van der Waals surface area contributed by atoms with Crippen LogP contribution in [0.3, 0.4) is 0 Å². The van der Waals surface area contributed by atoms with E-state index in [0.29, 0.717) is 29.0 Å². The van der Waals surface area contributed by atoms with E-state index in [-0.39, 0.29) is 24.7 Å². The number of fused-ring (bicyclic) bond motifs is 2. The fourth-order valence-electron chi connectivity index (χ4n) is 3.75. The second-order valence-corrected chi connectivity index (χ2v) is 18.7. The molecule has 0 saturated carbocycles. The van der Waals surface area contributed by atoms with Gasteiger partial charge in [0, 0.05) is 6.66 Å². The van der Waals surface area contributed by atoms with Gasteiger partial charge < -0.3 is 59.4 Å². The topological polar surface area (TPSA) is 392 Å². The van der Waals surface area contributed by atoms with E-state index >= 15 is 0 Å². The minimum Gasteiger partial charge on any atom is -0.382 e. The van der Waals surface area contributed by atoms with E-state index in [2.05, 4.69) is 42.8 Å². The second-order valence-electron chi connectivity index (χ2n) is 10.2. The minimum absolute atomic E-state index is 0.154. The average molecular weight is 812 g/mol. The molecule has 0 amide bonds. The highest BCUT2D eigenvalue weighted by atomic mass is 31.3. The van der Waals surface area contributed by atoms with E-state index in [1.165, 1.54) is 25.3 Å². The second kappa shape index (κ2) is 16.4. The first-order valence-electron chi connectivity index (χ1n) is 13.4. The van der Waals surface area contributed by atoms with Crippen LogP contribution in [0.2, 0.25) is 0 Å². The predicted molar refractivity (Wildman–Crippen MR) is 171 cm³/mol. The molecule has 0 aliphatic heterocycles. The molecule has 0 spiro atoms. The standard InChI is InChI=1S/C10H18N5O9P3.C9H15N5O7P2/c1-7(3-15-5-14-8-9(11)12-4-13-10(8)15)22-6-26(18,19)24-27(20,21)23-25(2,16)17;1-6(20-5-22(15,16)21-23(17,18)19)2-14-4-13-7-8(10)11-3-12-9(7)14/h4-5,7H,3,6H2,1-2H3,(H,16,17)(H,18,19)(H,20,21)(H2,11,12,13);3-4,6H,2,5H2,1H3,(H,15,16)(H2,10,11,12)(H2,17,18,19)/t7-;6-/m11/s1. The SMILES string of the molecule is C[C@H](Cn1cnc2c(N)ncnc21)OCP(=O)(O)OP(=O)(O)O.C[C@H](Cn1cnc2c(N)ncnc21)OCP(=O)(O)OP(=O)(O)OP(C)(=O)O. The molecule has 0 aromatic carbocycles. The van der Waals surface area contributed by atoms with Gasteiger partial charge in [-0.05, 0) is 13.8 Å². The Morgan fingerprint density at radius 3 is 1.44 bits per heavy atom. The molecule has 4 heterocycles. The van der Waals surface area contributed by atoms with Crippen LogP contribution in [-0.2, 0) is 58.3 Å². The first kappa shape index (κ1) is 41.8. The van der Waals surface area contributed by atoms with Crippen LogP contribution < -0.4 is 11.5 Å². The Morgan fingerprint density at radius 2 is 1.06 bits per heavy atom. The molecule has 4 aromatic heterocycles. The minimum atomic E-state index is -5.24. The van der Waals surface area contributed by atoms with Crippen LogP contribution in [0, 0.1) is 0 Å². The molecular formula is C19H33N10O16P5. The summed E-state index contributed by atoms with van der Waals surface area (Å²) in [6.45, 7) is 4.13. The molecule has 50 heavy (non-hydrogen) atoms. The summed E-state index contributed by atoms with van der Waals surface area (Å²) in [6.07, 6.45) is 2.32. The summed E-state index contributed by atoms with van der Waals surface area (Å²) in [7, 11) is -24.1. The Balaban J connectivity index is 0.000000274. The largest absolute Gasteiger partial charge is 0.486 e. The van der Waals surface area contributed by atoms with E-state index in [9.17, 15) is 37.5 Å². The van der Waals surface area contributed by atoms with Crippen molar-refractivity contribution in [3.63, 3.8) is 0 Å². The maximum atomic E-state index is 11.8. The van der Waals surface area contributed by atoms with Crippen LogP contribution in [0.25, 0.3) is 22.3 Å². The van der Waals surface area contributed by atoms with Crippen LogP contribution in [-0.4, -0.2) is 100.0 Å². The number of ether oxygens (including phenoxy) is 2. The molecule has 4 unspecified atom stereocenters. The van der Waals surface area contributed by atoms with Gasteiger partial charge in [0.05, 0.1) is 38.0 Å². The zero-order valence-electron chi connectivity index (χ0n) is 26.0. The number of nitrogens with zero attached hydrogens (tertiary/aromatic N) is 8. The molecule has 4 rings (SSSR count). The Kier molecular flexibility index (Phi) is 13.7. The molecule has 0 bridgehead atoms. The van der Waals surface area contributed by atoms with Crippen LogP contribution in [0.1, 0.15) is 13.8 Å². The van der Waals surface area contributed by atoms with Crippen LogP contribution in [0.4, 0.5) is 11.6 Å². The van der Waals surface area contributed by atoms with Crippen molar-refractivity contribution in [1.29, 1.82) is 0 Å². The number of nitrogens with two attached hydrogens (primary N) is 2. The smallest absolute Gasteiger partial charge is 0.382 e. The van der Waals surface area contributed by atoms with E-state index < -0.39 is 63.3 Å². The molecule has 0 fully saturated rings. The van der Waals surface area contributed by atoms with Gasteiger partial charge in [0.2, 0.25) is 0 Å². The van der Waals surface area contributed by atoms with Gasteiger partial charge in [-0.2, -0.15) is 0 Å². The number of hydrogen-bond acceptors (Lipinski definition) is 18. The third kappa shape index (κ3) is 13.5. The van der Waals surface area contributed by atoms with E-state index in [0.717, 1.165) is 0 Å². The van der Waals surface area contributed by atoms with Gasteiger partial charge in [0.1, 0.15) is 36.4 Å². The summed E-state index contributed by atoms with van der Waals surface area (Å²) in [5.41, 5.74) is 13.0. The first-order chi connectivity index (χ1) is 22.9. The van der Waals surface area contributed by atoms with Crippen molar-refractivity contribution >= 4 is 72.4 Å². The van der Waals surface area contributed by atoms with Crippen molar-refractivity contribution in [2.75, 3.05) is 30.8 Å². The predicted octanol–water partition coefficient (Wildman–Crippen LogP) is 0.971. The van der Waals surface area contributed by atoms with E-state index in [1.54, 1.807) is 23.0 Å². The van der Waals surface area contributed by atoms with Gasteiger partial charge in [-0.15, -0.1) is 0 Å². The Labute approximate surface area is 281 Å². The molecule has 31 heteroatoms. The lowest BCUT2D eigenvalue weighted by Gasteiger charge is -2.19. The number of aromatic nitrogens is 8. The van der Waals surface area contributed by atoms with Gasteiger partial charge in [-0.3, -0.25) is 13.7 Å². The summed E-state index contributed by atoms with van der Waals surface area (Å²) in [4.78, 5) is 77.9.